The van der Waals surface area contributed by atoms with E-state index in [1.54, 1.807) is 25.4 Å². The fourth-order valence-corrected chi connectivity index (χ4v) is 2.68. The molecular formula is C18H18F2N2O3. The summed E-state index contributed by atoms with van der Waals surface area (Å²) in [5.74, 6) is -2.47. The van der Waals surface area contributed by atoms with Gasteiger partial charge in [-0.25, -0.2) is 13.8 Å². The van der Waals surface area contributed by atoms with Gasteiger partial charge in [0.15, 0.2) is 11.6 Å². The maximum atomic E-state index is 13.8. The van der Waals surface area contributed by atoms with E-state index in [1.807, 2.05) is 0 Å². The van der Waals surface area contributed by atoms with Gasteiger partial charge in [-0.1, -0.05) is 12.1 Å². The number of anilines is 1. The van der Waals surface area contributed by atoms with Crippen molar-refractivity contribution >= 4 is 11.6 Å². The number of hydrogen-bond donors (Lipinski definition) is 1. The van der Waals surface area contributed by atoms with E-state index in [1.165, 1.54) is 12.1 Å². The number of carbonyl (C=O) groups is 1. The fraction of sp³-hybridized carbons (Fsp3) is 0.333. The molecule has 1 aliphatic carbocycles. The number of nitrogens with one attached hydrogen (secondary N) is 1. The zero-order chi connectivity index (χ0) is 17.8. The van der Waals surface area contributed by atoms with Gasteiger partial charge in [0.1, 0.15) is 12.3 Å². The Morgan fingerprint density at radius 3 is 2.92 bits per heavy atom. The molecule has 0 bridgehead atoms. The normalized spacial score (nSPS) is 18.7. The Bertz CT molecular complexity index is 770. The number of halogens is 2. The Labute approximate surface area is 144 Å². The average molecular weight is 348 g/mol. The molecule has 2 aromatic rings. The van der Waals surface area contributed by atoms with Gasteiger partial charge in [0, 0.05) is 19.2 Å². The minimum absolute atomic E-state index is 0.239. The average Bonchev–Trinajstić information content (AvgIpc) is 3.40. The van der Waals surface area contributed by atoms with E-state index in [-0.39, 0.29) is 17.4 Å². The SMILES string of the molecule is COCCOc1ncccc1NC(=O)[C@H]1C[C@@H]1c1cccc(F)c1F. The van der Waals surface area contributed by atoms with Crippen LogP contribution in [0.4, 0.5) is 14.5 Å². The molecule has 1 aliphatic rings. The van der Waals surface area contributed by atoms with Gasteiger partial charge in [0.2, 0.25) is 11.8 Å². The number of ether oxygens (including phenoxy) is 2. The molecule has 2 atom stereocenters. The van der Waals surface area contributed by atoms with Gasteiger partial charge >= 0.3 is 0 Å². The standard InChI is InChI=1S/C18H18F2N2O3/c1-24-8-9-25-18-15(6-3-7-21-18)22-17(23)13-10-12(13)11-4-2-5-14(19)16(11)20/h2-7,12-13H,8-10H2,1H3,(H,22,23)/t12-,13+/m1/s1. The van der Waals surface area contributed by atoms with E-state index in [2.05, 4.69) is 10.3 Å². The fourth-order valence-electron chi connectivity index (χ4n) is 2.68. The van der Waals surface area contributed by atoms with Gasteiger partial charge in [-0.05, 0) is 36.1 Å². The number of amides is 1. The highest BCUT2D eigenvalue weighted by Gasteiger charge is 2.45. The van der Waals surface area contributed by atoms with Crippen LogP contribution in [0.5, 0.6) is 5.88 Å². The second-order valence-corrected chi connectivity index (χ2v) is 5.78. The zero-order valence-electron chi connectivity index (χ0n) is 13.7. The predicted molar refractivity (Wildman–Crippen MR) is 87.4 cm³/mol. The molecule has 1 N–H and O–H groups in total. The van der Waals surface area contributed by atoms with Crippen molar-refractivity contribution in [3.63, 3.8) is 0 Å². The van der Waals surface area contributed by atoms with Crippen molar-refractivity contribution in [3.8, 4) is 5.88 Å². The van der Waals surface area contributed by atoms with Crippen molar-refractivity contribution in [2.24, 2.45) is 5.92 Å². The molecule has 1 fully saturated rings. The van der Waals surface area contributed by atoms with Crippen LogP contribution in [0.1, 0.15) is 17.9 Å². The van der Waals surface area contributed by atoms with E-state index >= 15 is 0 Å². The molecule has 1 aromatic heterocycles. The first-order valence-corrected chi connectivity index (χ1v) is 7.93. The third-order valence-electron chi connectivity index (χ3n) is 4.06. The molecule has 5 nitrogen and oxygen atoms in total. The van der Waals surface area contributed by atoms with Crippen LogP contribution in [-0.4, -0.2) is 31.2 Å². The molecule has 1 heterocycles. The summed E-state index contributed by atoms with van der Waals surface area (Å²) >= 11 is 0. The van der Waals surface area contributed by atoms with E-state index in [0.29, 0.717) is 31.2 Å². The monoisotopic (exact) mass is 348 g/mol. The summed E-state index contributed by atoms with van der Waals surface area (Å²) in [5, 5.41) is 2.75. The highest BCUT2D eigenvalue weighted by atomic mass is 19.2. The van der Waals surface area contributed by atoms with Crippen LogP contribution < -0.4 is 10.1 Å². The number of nitrogens with zero attached hydrogens (tertiary/aromatic N) is 1. The summed E-state index contributed by atoms with van der Waals surface area (Å²) in [6.07, 6.45) is 2.03. The van der Waals surface area contributed by atoms with Gasteiger partial charge in [-0.2, -0.15) is 0 Å². The number of benzene rings is 1. The molecule has 1 amide bonds. The Morgan fingerprint density at radius 1 is 1.28 bits per heavy atom. The van der Waals surface area contributed by atoms with Crippen molar-refractivity contribution in [1.82, 2.24) is 4.98 Å². The minimum atomic E-state index is -0.898. The molecule has 0 aliphatic heterocycles. The largest absolute Gasteiger partial charge is 0.474 e. The van der Waals surface area contributed by atoms with Gasteiger partial charge in [0.25, 0.3) is 0 Å². The second-order valence-electron chi connectivity index (χ2n) is 5.78. The first kappa shape index (κ1) is 17.3. The van der Waals surface area contributed by atoms with Gasteiger partial charge in [-0.15, -0.1) is 0 Å². The summed E-state index contributed by atoms with van der Waals surface area (Å²) in [4.78, 5) is 16.5. The summed E-state index contributed by atoms with van der Waals surface area (Å²) in [6, 6.07) is 7.38. The smallest absolute Gasteiger partial charge is 0.237 e. The van der Waals surface area contributed by atoms with Crippen molar-refractivity contribution in [3.05, 3.63) is 53.7 Å². The summed E-state index contributed by atoms with van der Waals surface area (Å²) < 4.78 is 37.6. The molecule has 25 heavy (non-hydrogen) atoms. The maximum Gasteiger partial charge on any atom is 0.237 e. The van der Waals surface area contributed by atoms with Gasteiger partial charge < -0.3 is 14.8 Å². The Hall–Kier alpha value is -2.54. The Kier molecular flexibility index (Phi) is 5.23. The van der Waals surface area contributed by atoms with Crippen LogP contribution in [0.15, 0.2) is 36.5 Å². The first-order chi connectivity index (χ1) is 12.1. The molecule has 1 saturated carbocycles. The molecule has 1 aromatic carbocycles. The number of rotatable bonds is 7. The molecule has 3 rings (SSSR count). The van der Waals surface area contributed by atoms with Crippen molar-refractivity contribution < 1.29 is 23.0 Å². The highest BCUT2D eigenvalue weighted by molar-refractivity contribution is 5.96. The molecule has 0 spiro atoms. The first-order valence-electron chi connectivity index (χ1n) is 7.93. The zero-order valence-corrected chi connectivity index (χ0v) is 13.7. The number of hydrogen-bond acceptors (Lipinski definition) is 4. The van der Waals surface area contributed by atoms with Crippen LogP contribution in [-0.2, 0) is 9.53 Å². The third-order valence-corrected chi connectivity index (χ3v) is 4.06. The number of carbonyl (C=O) groups excluding carboxylic acids is 1. The molecule has 0 unspecified atom stereocenters. The Balaban J connectivity index is 1.65. The quantitative estimate of drug-likeness (QED) is 0.781. The summed E-state index contributed by atoms with van der Waals surface area (Å²) in [7, 11) is 1.56. The molecule has 132 valence electrons. The van der Waals surface area contributed by atoms with E-state index in [0.717, 1.165) is 6.07 Å². The lowest BCUT2D eigenvalue weighted by Crippen LogP contribution is -2.16. The van der Waals surface area contributed by atoms with E-state index in [4.69, 9.17) is 9.47 Å². The number of aromatic nitrogens is 1. The van der Waals surface area contributed by atoms with Crippen LogP contribution in [0.2, 0.25) is 0 Å². The number of pyridine rings is 1. The lowest BCUT2D eigenvalue weighted by molar-refractivity contribution is -0.117. The molecule has 0 saturated heterocycles. The van der Waals surface area contributed by atoms with Crippen LogP contribution in [0.25, 0.3) is 0 Å². The van der Waals surface area contributed by atoms with E-state index < -0.39 is 17.6 Å². The van der Waals surface area contributed by atoms with Crippen molar-refractivity contribution in [1.29, 1.82) is 0 Å². The summed E-state index contributed by atoms with van der Waals surface area (Å²) in [6.45, 7) is 0.699. The lowest BCUT2D eigenvalue weighted by Gasteiger charge is -2.11. The topological polar surface area (TPSA) is 60.5 Å². The van der Waals surface area contributed by atoms with Gasteiger partial charge in [0.05, 0.1) is 6.61 Å². The molecular weight excluding hydrogens is 330 g/mol. The van der Waals surface area contributed by atoms with Crippen LogP contribution in [0, 0.1) is 17.6 Å². The molecule has 0 radical (unpaired) electrons. The van der Waals surface area contributed by atoms with Gasteiger partial charge in [-0.3, -0.25) is 4.79 Å². The minimum Gasteiger partial charge on any atom is -0.474 e. The Morgan fingerprint density at radius 2 is 2.12 bits per heavy atom. The molecule has 7 heteroatoms. The number of methoxy groups -OCH3 is 1. The summed E-state index contributed by atoms with van der Waals surface area (Å²) in [5.41, 5.74) is 0.678. The maximum absolute atomic E-state index is 13.8. The highest BCUT2D eigenvalue weighted by Crippen LogP contribution is 2.49. The van der Waals surface area contributed by atoms with Crippen LogP contribution in [0.3, 0.4) is 0 Å². The third kappa shape index (κ3) is 3.93. The lowest BCUT2D eigenvalue weighted by atomic mass is 10.1. The second kappa shape index (κ2) is 7.57. The van der Waals surface area contributed by atoms with Crippen molar-refractivity contribution in [2.45, 2.75) is 12.3 Å². The van der Waals surface area contributed by atoms with Crippen LogP contribution >= 0.6 is 0 Å². The van der Waals surface area contributed by atoms with Crippen molar-refractivity contribution in [2.75, 3.05) is 25.6 Å². The predicted octanol–water partition coefficient (Wildman–Crippen LogP) is 3.13. The van der Waals surface area contributed by atoms with E-state index in [9.17, 15) is 13.6 Å².